The van der Waals surface area contributed by atoms with Crippen LogP contribution in [-0.2, 0) is 10.3 Å². The number of aliphatic carboxylic acids is 1. The molecule has 0 spiro atoms. The van der Waals surface area contributed by atoms with Crippen LogP contribution in [-0.4, -0.2) is 25.6 Å². The first-order chi connectivity index (χ1) is 11.0. The van der Waals surface area contributed by atoms with Crippen molar-refractivity contribution in [2.75, 3.05) is 0 Å². The lowest BCUT2D eigenvalue weighted by molar-refractivity contribution is -0.147. The molecule has 3 aromatic heterocycles. The molecule has 6 heteroatoms. The van der Waals surface area contributed by atoms with E-state index < -0.39 is 11.5 Å². The summed E-state index contributed by atoms with van der Waals surface area (Å²) in [6.45, 7) is 5.76. The van der Waals surface area contributed by atoms with E-state index in [0.717, 1.165) is 16.0 Å². The average molecular weight is 329 g/mol. The van der Waals surface area contributed by atoms with Crippen LogP contribution in [0.4, 0.5) is 0 Å². The molecule has 0 aliphatic carbocycles. The predicted molar refractivity (Wildman–Crippen MR) is 91.8 cm³/mol. The van der Waals surface area contributed by atoms with Crippen molar-refractivity contribution in [1.82, 2.24) is 14.5 Å². The molecule has 1 N–H and O–H groups in total. The van der Waals surface area contributed by atoms with Crippen LogP contribution in [0.25, 0.3) is 21.9 Å². The summed E-state index contributed by atoms with van der Waals surface area (Å²) in [5.41, 5.74) is 1.33. The van der Waals surface area contributed by atoms with E-state index in [0.29, 0.717) is 24.3 Å². The number of carboxylic acid groups (broad SMARTS) is 1. The summed E-state index contributed by atoms with van der Waals surface area (Å²) in [7, 11) is 0. The van der Waals surface area contributed by atoms with Crippen LogP contribution in [0.1, 0.15) is 32.3 Å². The van der Waals surface area contributed by atoms with Gasteiger partial charge in [-0.05, 0) is 42.8 Å². The van der Waals surface area contributed by atoms with Crippen molar-refractivity contribution in [3.63, 3.8) is 0 Å². The Labute approximate surface area is 138 Å². The average Bonchev–Trinajstić information content (AvgIpc) is 3.16. The lowest BCUT2D eigenvalue weighted by atomic mass is 9.92. The summed E-state index contributed by atoms with van der Waals surface area (Å²) < 4.78 is 1.82. The van der Waals surface area contributed by atoms with E-state index in [2.05, 4.69) is 4.98 Å². The molecule has 0 atom stereocenters. The van der Waals surface area contributed by atoms with E-state index >= 15 is 0 Å². The monoisotopic (exact) mass is 329 g/mol. The Morgan fingerprint density at radius 2 is 2.13 bits per heavy atom. The molecule has 0 aliphatic rings. The zero-order chi connectivity index (χ0) is 16.6. The number of aryl methyl sites for hydroxylation is 1. The van der Waals surface area contributed by atoms with Crippen molar-refractivity contribution < 1.29 is 9.90 Å². The summed E-state index contributed by atoms with van der Waals surface area (Å²) in [6, 6.07) is 5.86. The molecule has 3 aromatic rings. The standard InChI is InChI=1S/C17H19N3O2S/c1-4-17(5-2,16(21)22)20-14-12(9-11(3)10-18-14)19-15(20)13-7-6-8-23-13/h6-10H,4-5H2,1-3H3,(H,21,22). The van der Waals surface area contributed by atoms with E-state index in [1.54, 1.807) is 17.5 Å². The van der Waals surface area contributed by atoms with Crippen LogP contribution < -0.4 is 0 Å². The molecular formula is C17H19N3O2S. The number of thiophene rings is 1. The summed E-state index contributed by atoms with van der Waals surface area (Å²) >= 11 is 1.55. The van der Waals surface area contributed by atoms with E-state index in [9.17, 15) is 9.90 Å². The van der Waals surface area contributed by atoms with E-state index in [-0.39, 0.29) is 0 Å². The Balaban J connectivity index is 2.41. The van der Waals surface area contributed by atoms with Crippen LogP contribution in [0, 0.1) is 6.92 Å². The van der Waals surface area contributed by atoms with Gasteiger partial charge >= 0.3 is 5.97 Å². The number of nitrogens with zero attached hydrogens (tertiary/aromatic N) is 3. The van der Waals surface area contributed by atoms with Crippen LogP contribution in [0.15, 0.2) is 29.8 Å². The second kappa shape index (κ2) is 5.77. The molecule has 0 aliphatic heterocycles. The number of carbonyl (C=O) groups is 1. The summed E-state index contributed by atoms with van der Waals surface area (Å²) in [5.74, 6) is -0.166. The maximum atomic E-state index is 12.1. The molecule has 0 bridgehead atoms. The summed E-state index contributed by atoms with van der Waals surface area (Å²) in [4.78, 5) is 22.3. The minimum Gasteiger partial charge on any atom is -0.479 e. The van der Waals surface area contributed by atoms with Gasteiger partial charge in [-0.2, -0.15) is 0 Å². The van der Waals surface area contributed by atoms with E-state index in [1.807, 2.05) is 48.9 Å². The van der Waals surface area contributed by atoms with Crippen LogP contribution in [0.3, 0.4) is 0 Å². The lowest BCUT2D eigenvalue weighted by Crippen LogP contribution is -2.41. The third-order valence-electron chi connectivity index (χ3n) is 4.37. The minimum atomic E-state index is -1.05. The van der Waals surface area contributed by atoms with E-state index in [1.165, 1.54) is 0 Å². The second-order valence-corrected chi connectivity index (χ2v) is 6.60. The first kappa shape index (κ1) is 15.7. The van der Waals surface area contributed by atoms with Crippen LogP contribution in [0.5, 0.6) is 0 Å². The largest absolute Gasteiger partial charge is 0.479 e. The molecule has 0 saturated carbocycles. The van der Waals surface area contributed by atoms with Gasteiger partial charge in [0.25, 0.3) is 0 Å². The number of pyridine rings is 1. The highest BCUT2D eigenvalue weighted by Gasteiger charge is 2.40. The fourth-order valence-corrected chi connectivity index (χ4v) is 3.71. The molecule has 0 radical (unpaired) electrons. The van der Waals surface area contributed by atoms with Crippen LogP contribution >= 0.6 is 11.3 Å². The van der Waals surface area contributed by atoms with Gasteiger partial charge in [-0.25, -0.2) is 14.8 Å². The van der Waals surface area contributed by atoms with Gasteiger partial charge in [0.1, 0.15) is 11.1 Å². The summed E-state index contributed by atoms with van der Waals surface area (Å²) in [5, 5.41) is 11.9. The number of carboxylic acids is 1. The SMILES string of the molecule is CCC(CC)(C(=O)O)n1c(-c2cccs2)nc2cc(C)cnc21. The maximum absolute atomic E-state index is 12.1. The Bertz CT molecular complexity index is 848. The third-order valence-corrected chi connectivity index (χ3v) is 5.24. The van der Waals surface area contributed by atoms with Crippen molar-refractivity contribution in [3.8, 4) is 10.7 Å². The van der Waals surface area contributed by atoms with Gasteiger partial charge in [0.15, 0.2) is 11.5 Å². The molecule has 3 rings (SSSR count). The van der Waals surface area contributed by atoms with Gasteiger partial charge in [0, 0.05) is 6.20 Å². The lowest BCUT2D eigenvalue weighted by Gasteiger charge is -2.30. The Kier molecular flexibility index (Phi) is 3.93. The van der Waals surface area contributed by atoms with Crippen LogP contribution in [0.2, 0.25) is 0 Å². The van der Waals surface area contributed by atoms with Gasteiger partial charge in [-0.1, -0.05) is 19.9 Å². The zero-order valence-electron chi connectivity index (χ0n) is 13.4. The fraction of sp³-hybridized carbons (Fsp3) is 0.353. The summed E-state index contributed by atoms with van der Waals surface area (Å²) in [6.07, 6.45) is 2.70. The third kappa shape index (κ3) is 2.34. The number of aromatic nitrogens is 3. The van der Waals surface area contributed by atoms with Gasteiger partial charge in [-0.3, -0.25) is 4.57 Å². The normalized spacial score (nSPS) is 12.0. The zero-order valence-corrected chi connectivity index (χ0v) is 14.2. The quantitative estimate of drug-likeness (QED) is 0.766. The molecule has 0 saturated heterocycles. The maximum Gasteiger partial charge on any atom is 0.329 e. The fourth-order valence-electron chi connectivity index (χ4n) is 3.01. The van der Waals surface area contributed by atoms with Gasteiger partial charge < -0.3 is 5.11 Å². The van der Waals surface area contributed by atoms with Gasteiger partial charge in [-0.15, -0.1) is 11.3 Å². The molecule has 0 unspecified atom stereocenters. The minimum absolute atomic E-state index is 0.470. The number of imidazole rings is 1. The van der Waals surface area contributed by atoms with Crippen molar-refractivity contribution in [2.24, 2.45) is 0 Å². The Hall–Kier alpha value is -2.21. The highest BCUT2D eigenvalue weighted by Crippen LogP contribution is 2.36. The first-order valence-electron chi connectivity index (χ1n) is 7.66. The Morgan fingerprint density at radius 3 is 2.70 bits per heavy atom. The number of fused-ring (bicyclic) bond motifs is 1. The highest BCUT2D eigenvalue weighted by molar-refractivity contribution is 7.13. The number of rotatable bonds is 5. The molecule has 23 heavy (non-hydrogen) atoms. The topological polar surface area (TPSA) is 68.0 Å². The Morgan fingerprint density at radius 1 is 1.39 bits per heavy atom. The molecule has 0 amide bonds. The molecular weight excluding hydrogens is 310 g/mol. The molecule has 120 valence electrons. The van der Waals surface area contributed by atoms with Crippen molar-refractivity contribution in [2.45, 2.75) is 39.2 Å². The van der Waals surface area contributed by atoms with Gasteiger partial charge in [0.2, 0.25) is 0 Å². The molecule has 0 fully saturated rings. The first-order valence-corrected chi connectivity index (χ1v) is 8.54. The molecule has 3 heterocycles. The predicted octanol–water partition coefficient (Wildman–Crippen LogP) is 4.07. The van der Waals surface area contributed by atoms with Crippen molar-refractivity contribution in [3.05, 3.63) is 35.3 Å². The van der Waals surface area contributed by atoms with E-state index in [4.69, 9.17) is 4.98 Å². The smallest absolute Gasteiger partial charge is 0.329 e. The number of hydrogen-bond donors (Lipinski definition) is 1. The highest BCUT2D eigenvalue weighted by atomic mass is 32.1. The second-order valence-electron chi connectivity index (χ2n) is 5.65. The number of hydrogen-bond acceptors (Lipinski definition) is 4. The molecule has 5 nitrogen and oxygen atoms in total. The van der Waals surface area contributed by atoms with Crippen molar-refractivity contribution >= 4 is 28.5 Å². The molecule has 0 aromatic carbocycles. The van der Waals surface area contributed by atoms with Crippen molar-refractivity contribution in [1.29, 1.82) is 0 Å². The van der Waals surface area contributed by atoms with Gasteiger partial charge in [0.05, 0.1) is 4.88 Å².